The summed E-state index contributed by atoms with van der Waals surface area (Å²) in [5.41, 5.74) is 2.68. The second kappa shape index (κ2) is 17.2. The molecule has 0 bridgehead atoms. The van der Waals surface area contributed by atoms with Crippen molar-refractivity contribution in [2.24, 2.45) is 5.16 Å². The molecule has 18 heteroatoms. The van der Waals surface area contributed by atoms with Gasteiger partial charge in [0.1, 0.15) is 34.8 Å². The number of amides is 3. The number of carbonyl (C=O) groups excluding carboxylic acids is 5. The lowest BCUT2D eigenvalue weighted by atomic mass is 10.0. The van der Waals surface area contributed by atoms with Crippen LogP contribution in [-0.4, -0.2) is 87.4 Å². The van der Waals surface area contributed by atoms with Gasteiger partial charge in [0.05, 0.1) is 12.3 Å². The third-order valence-electron chi connectivity index (χ3n) is 7.89. The zero-order valence-corrected chi connectivity index (χ0v) is 31.7. The molecule has 0 aliphatic carbocycles. The summed E-state index contributed by atoms with van der Waals surface area (Å²) in [6.45, 7) is 3.70. The maximum Gasteiger partial charge on any atom is 0.356 e. The Balaban J connectivity index is 1.28. The van der Waals surface area contributed by atoms with E-state index in [2.05, 4.69) is 25.8 Å². The minimum Gasteiger partial charge on any atom is -0.462 e. The topological polar surface area (TPSA) is 178 Å². The van der Waals surface area contributed by atoms with Gasteiger partial charge in [-0.15, -0.1) is 34.4 Å². The fraction of sp³-hybridized carbons (Fsp3) is 0.257. The number of thiazole rings is 2. The summed E-state index contributed by atoms with van der Waals surface area (Å²) in [5.74, 6) is -1.80. The monoisotopic (exact) mass is 792 g/mol. The Morgan fingerprint density at radius 1 is 1.08 bits per heavy atom. The first kappa shape index (κ1) is 37.7. The summed E-state index contributed by atoms with van der Waals surface area (Å²) in [7, 11) is 1.27. The first-order chi connectivity index (χ1) is 25.7. The van der Waals surface area contributed by atoms with E-state index < -0.39 is 41.3 Å². The van der Waals surface area contributed by atoms with E-state index in [-0.39, 0.29) is 34.6 Å². The van der Waals surface area contributed by atoms with Crippen LogP contribution < -0.4 is 10.6 Å². The molecule has 2 aliphatic heterocycles. The fourth-order valence-corrected chi connectivity index (χ4v) is 9.73. The Kier molecular flexibility index (Phi) is 12.2. The van der Waals surface area contributed by atoms with E-state index in [0.29, 0.717) is 32.6 Å². The van der Waals surface area contributed by atoms with Crippen molar-refractivity contribution in [3.63, 3.8) is 0 Å². The van der Waals surface area contributed by atoms with Gasteiger partial charge in [-0.05, 0) is 30.5 Å². The predicted molar refractivity (Wildman–Crippen MR) is 202 cm³/mol. The third-order valence-corrected chi connectivity index (χ3v) is 12.4. The van der Waals surface area contributed by atoms with Crippen LogP contribution in [0.2, 0.25) is 0 Å². The molecule has 0 saturated carbocycles. The molecule has 1 saturated heterocycles. The molecule has 2 N–H and O–H groups in total. The van der Waals surface area contributed by atoms with E-state index in [1.165, 1.54) is 52.3 Å². The van der Waals surface area contributed by atoms with E-state index in [1.807, 2.05) is 60.7 Å². The molecule has 2 aromatic carbocycles. The van der Waals surface area contributed by atoms with Crippen molar-refractivity contribution in [2.45, 2.75) is 35.7 Å². The number of anilines is 1. The number of aromatic nitrogens is 2. The van der Waals surface area contributed by atoms with Crippen LogP contribution in [0.3, 0.4) is 0 Å². The van der Waals surface area contributed by atoms with Gasteiger partial charge in [-0.1, -0.05) is 77.6 Å². The normalized spacial score (nSPS) is 16.8. The van der Waals surface area contributed by atoms with Crippen LogP contribution in [0.4, 0.5) is 5.13 Å². The van der Waals surface area contributed by atoms with Gasteiger partial charge in [0.15, 0.2) is 21.3 Å². The number of oxime groups is 1. The Morgan fingerprint density at radius 2 is 1.77 bits per heavy atom. The summed E-state index contributed by atoms with van der Waals surface area (Å²) < 4.78 is 12.0. The SMILES string of the molecule is CCOC(=O)c1sc(SCC2=C(C(=O)OC(c3ccccc3)c3ccccc3)N3C(=O)C(NC(=O)C(=NOC)c4csc(NC=O)n4)[C@H]3SC2)nc1C. The number of rotatable bonds is 15. The number of hydrogen-bond donors (Lipinski definition) is 2. The van der Waals surface area contributed by atoms with Crippen LogP contribution in [0, 0.1) is 6.92 Å². The van der Waals surface area contributed by atoms with Gasteiger partial charge in [0.25, 0.3) is 11.8 Å². The van der Waals surface area contributed by atoms with E-state index in [1.54, 1.807) is 13.8 Å². The van der Waals surface area contributed by atoms with E-state index in [9.17, 15) is 24.0 Å². The van der Waals surface area contributed by atoms with Crippen LogP contribution in [0.1, 0.15) is 45.2 Å². The highest BCUT2D eigenvalue weighted by Gasteiger charge is 2.55. The molecular formula is C35H32N6O8S4. The van der Waals surface area contributed by atoms with Gasteiger partial charge in [0, 0.05) is 16.9 Å². The first-order valence-electron chi connectivity index (χ1n) is 16.1. The number of nitrogens with one attached hydrogen (secondary N) is 2. The number of benzene rings is 2. The number of β-lactam (4-membered cyclic amide) rings is 1. The van der Waals surface area contributed by atoms with Crippen molar-refractivity contribution in [1.29, 1.82) is 0 Å². The molecule has 4 aromatic rings. The van der Waals surface area contributed by atoms with E-state index >= 15 is 0 Å². The Hall–Kier alpha value is -5.04. The lowest BCUT2D eigenvalue weighted by Crippen LogP contribution is -2.71. The summed E-state index contributed by atoms with van der Waals surface area (Å²) in [6.07, 6.45) is -0.314. The van der Waals surface area contributed by atoms with E-state index in [0.717, 1.165) is 22.5 Å². The zero-order valence-electron chi connectivity index (χ0n) is 28.5. The molecule has 2 aliphatic rings. The molecule has 0 spiro atoms. The summed E-state index contributed by atoms with van der Waals surface area (Å²) in [6, 6.07) is 17.6. The van der Waals surface area contributed by atoms with E-state index in [4.69, 9.17) is 14.3 Å². The Labute approximate surface area is 320 Å². The third kappa shape index (κ3) is 8.30. The maximum atomic E-state index is 14.4. The Bertz CT molecular complexity index is 2030. The minimum absolute atomic E-state index is 0.0855. The molecule has 274 valence electrons. The van der Waals surface area contributed by atoms with Gasteiger partial charge >= 0.3 is 11.9 Å². The molecular weight excluding hydrogens is 761 g/mol. The molecule has 2 atom stereocenters. The van der Waals surface area contributed by atoms with Crippen molar-refractivity contribution in [2.75, 3.05) is 30.5 Å². The zero-order chi connectivity index (χ0) is 37.5. The number of ether oxygens (including phenoxy) is 2. The molecule has 0 radical (unpaired) electrons. The average molecular weight is 793 g/mol. The predicted octanol–water partition coefficient (Wildman–Crippen LogP) is 4.78. The van der Waals surface area contributed by atoms with Gasteiger partial charge in [-0.3, -0.25) is 19.3 Å². The molecule has 1 fully saturated rings. The molecule has 14 nitrogen and oxygen atoms in total. The van der Waals surface area contributed by atoms with Gasteiger partial charge in [0.2, 0.25) is 6.41 Å². The lowest BCUT2D eigenvalue weighted by molar-refractivity contribution is -0.154. The quantitative estimate of drug-likeness (QED) is 0.0421. The van der Waals surface area contributed by atoms with Crippen molar-refractivity contribution in [3.8, 4) is 0 Å². The summed E-state index contributed by atoms with van der Waals surface area (Å²) in [4.78, 5) is 80.4. The Morgan fingerprint density at radius 3 is 2.42 bits per heavy atom. The number of fused-ring (bicyclic) bond motifs is 1. The van der Waals surface area contributed by atoms with Crippen molar-refractivity contribution < 1.29 is 38.3 Å². The number of thioether (sulfide) groups is 2. The van der Waals surface area contributed by atoms with Crippen molar-refractivity contribution in [1.82, 2.24) is 20.2 Å². The molecule has 53 heavy (non-hydrogen) atoms. The molecule has 4 heterocycles. The largest absolute Gasteiger partial charge is 0.462 e. The number of nitrogens with zero attached hydrogens (tertiary/aromatic N) is 4. The standard InChI is InChI=1S/C35H32N6O8S4/c1-4-48-33(46)28-19(2)37-35(53-28)52-16-22-15-50-31-25(39-29(43)24(40-47-3)23-17-51-34(38-23)36-18-42)30(44)41(31)26(22)32(45)49-27(20-11-7-5-8-12-20)21-13-9-6-10-14-21/h5-14,17-18,25,27,31H,4,15-16H2,1-3H3,(H,39,43)(H,36,38,42)/t25?,31-/m1/s1. The van der Waals surface area contributed by atoms with Crippen LogP contribution in [0.15, 0.2) is 86.8 Å². The van der Waals surface area contributed by atoms with Crippen LogP contribution in [-0.2, 0) is 33.5 Å². The molecule has 6 rings (SSSR count). The highest BCUT2D eigenvalue weighted by atomic mass is 32.2. The highest BCUT2D eigenvalue weighted by molar-refractivity contribution is 8.01. The summed E-state index contributed by atoms with van der Waals surface area (Å²) in [5, 5.41) is 10.1. The lowest BCUT2D eigenvalue weighted by Gasteiger charge is -2.49. The van der Waals surface area contributed by atoms with Crippen LogP contribution in [0.5, 0.6) is 0 Å². The molecule has 2 aromatic heterocycles. The number of aryl methyl sites for hydroxylation is 1. The number of carbonyl (C=O) groups is 5. The van der Waals surface area contributed by atoms with Gasteiger partial charge < -0.3 is 24.9 Å². The number of esters is 2. The smallest absolute Gasteiger partial charge is 0.356 e. The van der Waals surface area contributed by atoms with Gasteiger partial charge in [-0.25, -0.2) is 19.6 Å². The second-order valence-electron chi connectivity index (χ2n) is 11.2. The molecule has 3 amide bonds. The van der Waals surface area contributed by atoms with Gasteiger partial charge in [-0.2, -0.15) is 0 Å². The van der Waals surface area contributed by atoms with Crippen LogP contribution in [0.25, 0.3) is 0 Å². The second-order valence-corrected chi connectivity index (χ2v) is 15.4. The minimum atomic E-state index is -1.01. The maximum absolute atomic E-state index is 14.4. The first-order valence-corrected chi connectivity index (χ1v) is 19.8. The van der Waals surface area contributed by atoms with Crippen molar-refractivity contribution in [3.05, 3.63) is 105 Å². The number of hydrogen-bond acceptors (Lipinski definition) is 15. The fourth-order valence-electron chi connectivity index (χ4n) is 5.50. The van der Waals surface area contributed by atoms with Crippen LogP contribution >= 0.6 is 46.2 Å². The highest BCUT2D eigenvalue weighted by Crippen LogP contribution is 2.43. The van der Waals surface area contributed by atoms with Crippen molar-refractivity contribution >= 4 is 87.2 Å². The summed E-state index contributed by atoms with van der Waals surface area (Å²) >= 11 is 5.00. The molecule has 1 unspecified atom stereocenters. The average Bonchev–Trinajstić information content (AvgIpc) is 3.80.